The van der Waals surface area contributed by atoms with Gasteiger partial charge >= 0.3 is 15.5 Å². The van der Waals surface area contributed by atoms with E-state index in [2.05, 4.69) is 0 Å². The summed E-state index contributed by atoms with van der Waals surface area (Å²) in [6.45, 7) is 0. The van der Waals surface area contributed by atoms with E-state index in [1.165, 1.54) is 12.8 Å². The molecule has 1 rings (SSSR count). The first-order valence-electron chi connectivity index (χ1n) is 2.86. The monoisotopic (exact) mass is 180 g/mol. The molecule has 0 spiro atoms. The minimum absolute atomic E-state index is 0.312. The summed E-state index contributed by atoms with van der Waals surface area (Å²) in [4.78, 5) is 0. The third-order valence-corrected chi connectivity index (χ3v) is 2.15. The number of rotatable bonds is 2. The Labute approximate surface area is 56.0 Å². The zero-order valence-corrected chi connectivity index (χ0v) is 6.19. The second-order valence-corrected chi connectivity index (χ2v) is 2.70. The van der Waals surface area contributed by atoms with Gasteiger partial charge in [-0.3, -0.25) is 0 Å². The highest BCUT2D eigenvalue weighted by molar-refractivity contribution is 4.64. The van der Waals surface area contributed by atoms with E-state index in [0.717, 1.165) is 12.8 Å². The van der Waals surface area contributed by atoms with Crippen LogP contribution in [0.5, 0.6) is 0 Å². The Bertz CT molecular complexity index is 61.4. The van der Waals surface area contributed by atoms with Gasteiger partial charge in [-0.1, -0.05) is 12.8 Å². The first-order valence-corrected chi connectivity index (χ1v) is 4.16. The van der Waals surface area contributed by atoms with Crippen LogP contribution in [0.1, 0.15) is 25.7 Å². The van der Waals surface area contributed by atoms with Gasteiger partial charge in [0.05, 0.1) is 0 Å². The zero-order chi connectivity index (χ0) is 5.82. The average Bonchev–Trinajstić information content (AvgIpc) is 2.19. The van der Waals surface area contributed by atoms with Crippen molar-refractivity contribution in [1.82, 2.24) is 0 Å². The summed E-state index contributed by atoms with van der Waals surface area (Å²) < 4.78 is 14.8. The summed E-state index contributed by atoms with van der Waals surface area (Å²) in [5.74, 6) is 0. The molecular formula is C5H9BrO2. The molecule has 0 heterocycles. The number of hydrogen-bond acceptors (Lipinski definition) is 2. The predicted octanol–water partition coefficient (Wildman–Crippen LogP) is 0.221. The molecule has 0 saturated heterocycles. The SMILES string of the molecule is [O-][Br+]OC1CCCC1. The maximum atomic E-state index is 9.89. The van der Waals surface area contributed by atoms with Crippen molar-refractivity contribution < 1.29 is 23.6 Å². The maximum absolute atomic E-state index is 9.89. The Morgan fingerprint density at radius 3 is 2.50 bits per heavy atom. The molecule has 1 aliphatic rings. The van der Waals surface area contributed by atoms with Crippen molar-refractivity contribution >= 4 is 0 Å². The Balaban J connectivity index is 2.06. The summed E-state index contributed by atoms with van der Waals surface area (Å²) >= 11 is -0.583. The van der Waals surface area contributed by atoms with E-state index >= 15 is 0 Å². The second kappa shape index (κ2) is 3.43. The minimum Gasteiger partial charge on any atom is -0.550 e. The Morgan fingerprint density at radius 1 is 1.38 bits per heavy atom. The molecule has 0 aromatic heterocycles. The molecular weight excluding hydrogens is 172 g/mol. The van der Waals surface area contributed by atoms with Gasteiger partial charge in [-0.15, -0.1) is 3.83 Å². The molecule has 1 aliphatic carbocycles. The van der Waals surface area contributed by atoms with Crippen LogP contribution in [0.4, 0.5) is 0 Å². The van der Waals surface area contributed by atoms with E-state index < -0.39 is 15.5 Å². The van der Waals surface area contributed by atoms with E-state index in [9.17, 15) is 4.20 Å². The van der Waals surface area contributed by atoms with Crippen LogP contribution < -0.4 is 4.20 Å². The Morgan fingerprint density at radius 2 is 2.00 bits per heavy atom. The summed E-state index contributed by atoms with van der Waals surface area (Å²) in [6.07, 6.45) is 5.02. The lowest BCUT2D eigenvalue weighted by molar-refractivity contribution is -1.27. The van der Waals surface area contributed by atoms with Gasteiger partial charge in [0.2, 0.25) is 0 Å². The summed E-state index contributed by atoms with van der Waals surface area (Å²) in [5.41, 5.74) is 0. The standard InChI is InChI=1S/C5H9BrO2/c7-6-8-5-3-1-2-4-5/h5H,1-4H2. The predicted molar refractivity (Wildman–Crippen MR) is 23.3 cm³/mol. The van der Waals surface area contributed by atoms with Gasteiger partial charge in [0.25, 0.3) is 0 Å². The van der Waals surface area contributed by atoms with Crippen molar-refractivity contribution in [3.63, 3.8) is 0 Å². The summed E-state index contributed by atoms with van der Waals surface area (Å²) in [7, 11) is 0. The van der Waals surface area contributed by atoms with Crippen LogP contribution in [-0.2, 0) is 3.83 Å². The molecule has 48 valence electrons. The fraction of sp³-hybridized carbons (Fsp3) is 1.00. The molecule has 0 aromatic rings. The minimum atomic E-state index is -0.583. The van der Waals surface area contributed by atoms with E-state index in [-0.39, 0.29) is 0 Å². The molecule has 0 N–H and O–H groups in total. The van der Waals surface area contributed by atoms with Gasteiger partial charge in [-0.2, -0.15) is 0 Å². The highest BCUT2D eigenvalue weighted by atomic mass is 79.9. The molecule has 3 heteroatoms. The largest absolute Gasteiger partial charge is 0.550 e. The molecule has 0 bridgehead atoms. The molecule has 1 saturated carbocycles. The highest BCUT2D eigenvalue weighted by Gasteiger charge is 2.18. The van der Waals surface area contributed by atoms with E-state index in [4.69, 9.17) is 3.83 Å². The maximum Gasteiger partial charge on any atom is 0.420 e. The van der Waals surface area contributed by atoms with Crippen molar-refractivity contribution in [1.29, 1.82) is 0 Å². The fourth-order valence-corrected chi connectivity index (χ4v) is 1.62. The molecule has 0 amide bonds. The van der Waals surface area contributed by atoms with Gasteiger partial charge in [-0.25, -0.2) is 0 Å². The van der Waals surface area contributed by atoms with Crippen LogP contribution >= 0.6 is 0 Å². The summed E-state index contributed by atoms with van der Waals surface area (Å²) in [6, 6.07) is 0. The Hall–Kier alpha value is 0.400. The zero-order valence-electron chi connectivity index (χ0n) is 4.60. The molecule has 0 atom stereocenters. The Kier molecular flexibility index (Phi) is 2.80. The summed E-state index contributed by atoms with van der Waals surface area (Å²) in [5, 5.41) is 0. The lowest BCUT2D eigenvalue weighted by atomic mass is 10.3. The van der Waals surface area contributed by atoms with Gasteiger partial charge in [-0.05, 0) is 12.8 Å². The topological polar surface area (TPSA) is 32.3 Å². The third kappa shape index (κ3) is 1.73. The first-order chi connectivity index (χ1) is 3.93. The van der Waals surface area contributed by atoms with E-state index in [1.807, 2.05) is 0 Å². The molecule has 0 aliphatic heterocycles. The van der Waals surface area contributed by atoms with E-state index in [1.54, 1.807) is 0 Å². The van der Waals surface area contributed by atoms with Crippen molar-refractivity contribution in [2.45, 2.75) is 31.8 Å². The molecule has 1 fully saturated rings. The number of hydrogen-bond donors (Lipinski definition) is 0. The second-order valence-electron chi connectivity index (χ2n) is 2.06. The fourth-order valence-electron chi connectivity index (χ4n) is 1.03. The highest BCUT2D eigenvalue weighted by Crippen LogP contribution is 2.20. The van der Waals surface area contributed by atoms with Crippen LogP contribution in [0.25, 0.3) is 0 Å². The first kappa shape index (κ1) is 6.52. The van der Waals surface area contributed by atoms with Crippen LogP contribution in [0.2, 0.25) is 0 Å². The van der Waals surface area contributed by atoms with Crippen molar-refractivity contribution in [3.05, 3.63) is 0 Å². The smallest absolute Gasteiger partial charge is 0.420 e. The van der Waals surface area contributed by atoms with Gasteiger partial charge < -0.3 is 4.20 Å². The molecule has 0 unspecified atom stereocenters. The van der Waals surface area contributed by atoms with Crippen molar-refractivity contribution in [3.8, 4) is 0 Å². The number of halogens is 1. The van der Waals surface area contributed by atoms with Gasteiger partial charge in [0.1, 0.15) is 6.10 Å². The molecule has 0 aromatic carbocycles. The van der Waals surface area contributed by atoms with Crippen LogP contribution in [0, 0.1) is 15.5 Å². The quantitative estimate of drug-likeness (QED) is 0.610. The molecule has 0 radical (unpaired) electrons. The average molecular weight is 181 g/mol. The van der Waals surface area contributed by atoms with Crippen LogP contribution in [0.3, 0.4) is 0 Å². The lowest BCUT2D eigenvalue weighted by Crippen LogP contribution is -2.12. The van der Waals surface area contributed by atoms with Gasteiger partial charge in [0, 0.05) is 0 Å². The lowest BCUT2D eigenvalue weighted by Gasteiger charge is -1.96. The molecule has 2 nitrogen and oxygen atoms in total. The van der Waals surface area contributed by atoms with Crippen LogP contribution in [0.15, 0.2) is 0 Å². The third-order valence-electron chi connectivity index (χ3n) is 1.46. The van der Waals surface area contributed by atoms with E-state index in [0.29, 0.717) is 6.10 Å². The molecule has 8 heavy (non-hydrogen) atoms. The van der Waals surface area contributed by atoms with Crippen molar-refractivity contribution in [2.75, 3.05) is 0 Å². The van der Waals surface area contributed by atoms with Crippen molar-refractivity contribution in [2.24, 2.45) is 0 Å². The van der Waals surface area contributed by atoms with Gasteiger partial charge in [0.15, 0.2) is 0 Å². The normalized spacial score (nSPS) is 22.1. The van der Waals surface area contributed by atoms with Crippen LogP contribution in [-0.4, -0.2) is 6.10 Å².